The van der Waals surface area contributed by atoms with Crippen molar-refractivity contribution >= 4 is 5.97 Å². The third-order valence-corrected chi connectivity index (χ3v) is 2.88. The van der Waals surface area contributed by atoms with Crippen LogP contribution in [0, 0.1) is 11.8 Å². The fourth-order valence-electron chi connectivity index (χ4n) is 2.20. The number of hydrogen-bond donors (Lipinski definition) is 1. The highest BCUT2D eigenvalue weighted by Gasteiger charge is 2.25. The Bertz CT molecular complexity index is 208. The number of carbonyl (C=O) groups is 1. The van der Waals surface area contributed by atoms with Gasteiger partial charge in [-0.2, -0.15) is 0 Å². The van der Waals surface area contributed by atoms with Gasteiger partial charge in [0.15, 0.2) is 0 Å². The van der Waals surface area contributed by atoms with Crippen molar-refractivity contribution in [1.29, 1.82) is 0 Å². The number of carboxylic acids is 1. The molecule has 1 rings (SSSR count). The molecular weight excluding hydrogens is 194 g/mol. The molecular formula is C11H21NO3. The first-order valence-electron chi connectivity index (χ1n) is 5.57. The van der Waals surface area contributed by atoms with Crippen LogP contribution in [0.5, 0.6) is 0 Å². The maximum atomic E-state index is 10.9. The summed E-state index contributed by atoms with van der Waals surface area (Å²) in [7, 11) is 1.70. The van der Waals surface area contributed by atoms with Crippen LogP contribution in [0.2, 0.25) is 0 Å². The summed E-state index contributed by atoms with van der Waals surface area (Å²) < 4.78 is 5.08. The number of likely N-dealkylation sites (tertiary alicyclic amines) is 1. The van der Waals surface area contributed by atoms with E-state index in [-0.39, 0.29) is 5.92 Å². The number of hydrogen-bond acceptors (Lipinski definition) is 3. The number of ether oxygens (including phenoxy) is 1. The van der Waals surface area contributed by atoms with Crippen molar-refractivity contribution in [2.75, 3.05) is 33.4 Å². The predicted octanol–water partition coefficient (Wildman–Crippen LogP) is 1.07. The van der Waals surface area contributed by atoms with E-state index in [4.69, 9.17) is 9.84 Å². The fourth-order valence-corrected chi connectivity index (χ4v) is 2.20. The maximum absolute atomic E-state index is 10.9. The van der Waals surface area contributed by atoms with E-state index < -0.39 is 5.97 Å². The molecule has 1 N–H and O–H groups in total. The zero-order valence-electron chi connectivity index (χ0n) is 9.61. The van der Waals surface area contributed by atoms with Crippen molar-refractivity contribution < 1.29 is 14.6 Å². The Balaban J connectivity index is 2.32. The number of aliphatic carboxylic acids is 1. The van der Waals surface area contributed by atoms with Crippen molar-refractivity contribution in [3.8, 4) is 0 Å². The average molecular weight is 215 g/mol. The Morgan fingerprint density at radius 1 is 1.67 bits per heavy atom. The Morgan fingerprint density at radius 2 is 2.40 bits per heavy atom. The number of rotatable bonds is 5. The van der Waals surface area contributed by atoms with Gasteiger partial charge in [0.2, 0.25) is 0 Å². The number of piperidine rings is 1. The van der Waals surface area contributed by atoms with E-state index in [0.29, 0.717) is 12.5 Å². The first-order chi connectivity index (χ1) is 7.13. The molecule has 0 saturated carbocycles. The molecule has 4 nitrogen and oxygen atoms in total. The second-order valence-electron chi connectivity index (χ2n) is 4.50. The lowest BCUT2D eigenvalue weighted by Crippen LogP contribution is -2.41. The number of methoxy groups -OCH3 is 1. The lowest BCUT2D eigenvalue weighted by molar-refractivity contribution is -0.143. The van der Waals surface area contributed by atoms with Crippen LogP contribution >= 0.6 is 0 Å². The van der Waals surface area contributed by atoms with Gasteiger partial charge in [0, 0.05) is 26.8 Å². The van der Waals surface area contributed by atoms with Gasteiger partial charge in [-0.25, -0.2) is 0 Å². The maximum Gasteiger partial charge on any atom is 0.307 e. The summed E-state index contributed by atoms with van der Waals surface area (Å²) in [5.74, 6) is -0.352. The monoisotopic (exact) mass is 215 g/mol. The Kier molecular flexibility index (Phi) is 5.05. The highest BCUT2D eigenvalue weighted by atomic mass is 16.5. The molecule has 0 bridgehead atoms. The van der Waals surface area contributed by atoms with E-state index in [9.17, 15) is 4.79 Å². The van der Waals surface area contributed by atoms with Crippen LogP contribution in [0.15, 0.2) is 0 Å². The lowest BCUT2D eigenvalue weighted by atomic mass is 9.97. The van der Waals surface area contributed by atoms with Crippen LogP contribution in [0.3, 0.4) is 0 Å². The smallest absolute Gasteiger partial charge is 0.307 e. The van der Waals surface area contributed by atoms with Gasteiger partial charge in [-0.15, -0.1) is 0 Å². The normalized spacial score (nSPS) is 25.1. The quantitative estimate of drug-likeness (QED) is 0.745. The van der Waals surface area contributed by atoms with E-state index in [1.165, 1.54) is 0 Å². The molecule has 2 unspecified atom stereocenters. The molecule has 4 heteroatoms. The van der Waals surface area contributed by atoms with Crippen molar-refractivity contribution in [2.45, 2.75) is 19.8 Å². The van der Waals surface area contributed by atoms with Crippen molar-refractivity contribution in [1.82, 2.24) is 4.90 Å². The highest BCUT2D eigenvalue weighted by molar-refractivity contribution is 5.70. The van der Waals surface area contributed by atoms with Gasteiger partial charge in [-0.1, -0.05) is 6.92 Å². The zero-order valence-corrected chi connectivity index (χ0v) is 9.61. The molecule has 0 aliphatic carbocycles. The van der Waals surface area contributed by atoms with Crippen LogP contribution in [-0.2, 0) is 9.53 Å². The van der Waals surface area contributed by atoms with E-state index in [0.717, 1.165) is 32.5 Å². The van der Waals surface area contributed by atoms with Crippen molar-refractivity contribution in [3.05, 3.63) is 0 Å². The highest BCUT2D eigenvalue weighted by Crippen LogP contribution is 2.17. The topological polar surface area (TPSA) is 49.8 Å². The molecule has 1 heterocycles. The average Bonchev–Trinajstić information content (AvgIpc) is 2.18. The van der Waals surface area contributed by atoms with E-state index in [1.54, 1.807) is 7.11 Å². The molecule has 0 aromatic heterocycles. The van der Waals surface area contributed by atoms with Crippen molar-refractivity contribution in [3.63, 3.8) is 0 Å². The summed E-state index contributed by atoms with van der Waals surface area (Å²) in [5.41, 5.74) is 0. The standard InChI is InChI=1S/C11H21NO3/c1-9(8-15-2)6-12-5-3-4-10(7-12)11(13)14/h9-10H,3-8H2,1-2H3,(H,13,14). The summed E-state index contributed by atoms with van der Waals surface area (Å²) in [6.07, 6.45) is 1.82. The summed E-state index contributed by atoms with van der Waals surface area (Å²) in [6, 6.07) is 0. The van der Waals surface area contributed by atoms with Crippen molar-refractivity contribution in [2.24, 2.45) is 11.8 Å². The third-order valence-electron chi connectivity index (χ3n) is 2.88. The first kappa shape index (κ1) is 12.5. The Labute approximate surface area is 91.2 Å². The zero-order chi connectivity index (χ0) is 11.3. The van der Waals surface area contributed by atoms with Gasteiger partial charge in [0.05, 0.1) is 5.92 Å². The molecule has 2 atom stereocenters. The Hall–Kier alpha value is -0.610. The van der Waals surface area contributed by atoms with Crippen LogP contribution in [0.4, 0.5) is 0 Å². The molecule has 0 aromatic rings. The number of carboxylic acid groups (broad SMARTS) is 1. The SMILES string of the molecule is COCC(C)CN1CCCC(C(=O)O)C1. The second kappa shape index (κ2) is 6.08. The first-order valence-corrected chi connectivity index (χ1v) is 5.57. The van der Waals surface area contributed by atoms with E-state index >= 15 is 0 Å². The van der Waals surface area contributed by atoms with Crippen LogP contribution < -0.4 is 0 Å². The van der Waals surface area contributed by atoms with Gasteiger partial charge in [-0.3, -0.25) is 4.79 Å². The molecule has 1 aliphatic heterocycles. The molecule has 1 fully saturated rings. The molecule has 1 aliphatic rings. The van der Waals surface area contributed by atoms with Crippen LogP contribution in [0.1, 0.15) is 19.8 Å². The minimum atomic E-state index is -0.654. The van der Waals surface area contributed by atoms with Gasteiger partial charge >= 0.3 is 5.97 Å². The summed E-state index contributed by atoms with van der Waals surface area (Å²) in [5, 5.41) is 8.94. The van der Waals surface area contributed by atoms with E-state index in [1.807, 2.05) is 0 Å². The lowest BCUT2D eigenvalue weighted by Gasteiger charge is -2.32. The summed E-state index contributed by atoms with van der Waals surface area (Å²) in [4.78, 5) is 13.1. The van der Waals surface area contributed by atoms with Gasteiger partial charge in [0.25, 0.3) is 0 Å². The molecule has 0 amide bonds. The fraction of sp³-hybridized carbons (Fsp3) is 0.909. The minimum absolute atomic E-state index is 0.173. The Morgan fingerprint density at radius 3 is 3.00 bits per heavy atom. The molecule has 0 radical (unpaired) electrons. The molecule has 88 valence electrons. The molecule has 1 saturated heterocycles. The largest absolute Gasteiger partial charge is 0.481 e. The molecule has 15 heavy (non-hydrogen) atoms. The van der Waals surface area contributed by atoms with Crippen LogP contribution in [-0.4, -0.2) is 49.3 Å². The van der Waals surface area contributed by atoms with Gasteiger partial charge < -0.3 is 14.7 Å². The summed E-state index contributed by atoms with van der Waals surface area (Å²) >= 11 is 0. The predicted molar refractivity (Wildman–Crippen MR) is 57.8 cm³/mol. The van der Waals surface area contributed by atoms with E-state index in [2.05, 4.69) is 11.8 Å². The minimum Gasteiger partial charge on any atom is -0.481 e. The second-order valence-corrected chi connectivity index (χ2v) is 4.50. The summed E-state index contributed by atoms with van der Waals surface area (Å²) in [6.45, 7) is 5.54. The van der Waals surface area contributed by atoms with Gasteiger partial charge in [0.1, 0.15) is 0 Å². The molecule has 0 aromatic carbocycles. The molecule has 0 spiro atoms. The van der Waals surface area contributed by atoms with Crippen LogP contribution in [0.25, 0.3) is 0 Å². The van der Waals surface area contributed by atoms with Gasteiger partial charge in [-0.05, 0) is 25.3 Å². The number of nitrogens with zero attached hydrogens (tertiary/aromatic N) is 1. The third kappa shape index (κ3) is 4.18.